The van der Waals surface area contributed by atoms with E-state index < -0.39 is 0 Å². The zero-order valence-electron chi connectivity index (χ0n) is 13.3. The highest BCUT2D eigenvalue weighted by atomic mass is 32.1. The Hall–Kier alpha value is -1.10. The van der Waals surface area contributed by atoms with Crippen molar-refractivity contribution in [1.82, 2.24) is 10.2 Å². The van der Waals surface area contributed by atoms with Gasteiger partial charge in [0, 0.05) is 23.5 Å². The maximum atomic E-state index is 5.70. The Balaban J connectivity index is 1.90. The molecule has 0 bridgehead atoms. The second kappa shape index (κ2) is 8.37. The van der Waals surface area contributed by atoms with Gasteiger partial charge in [0.1, 0.15) is 5.76 Å². The Morgan fingerprint density at radius 2 is 2.14 bits per heavy atom. The molecule has 0 amide bonds. The molecule has 2 aromatic rings. The van der Waals surface area contributed by atoms with Gasteiger partial charge in [0.25, 0.3) is 0 Å². The molecule has 4 heteroatoms. The minimum atomic E-state index is 0.673. The van der Waals surface area contributed by atoms with Crippen LogP contribution in [0.1, 0.15) is 37.0 Å². The number of thiophene rings is 1. The van der Waals surface area contributed by atoms with Gasteiger partial charge in [0.2, 0.25) is 0 Å². The first kappa shape index (κ1) is 16.3. The molecule has 21 heavy (non-hydrogen) atoms. The third-order valence-electron chi connectivity index (χ3n) is 3.48. The van der Waals surface area contributed by atoms with Crippen molar-refractivity contribution in [3.63, 3.8) is 0 Å². The first-order valence-electron chi connectivity index (χ1n) is 7.69. The number of nitrogens with zero attached hydrogens (tertiary/aromatic N) is 1. The molecule has 0 atom stereocenters. The molecule has 116 valence electrons. The van der Waals surface area contributed by atoms with Crippen LogP contribution in [0.25, 0.3) is 0 Å². The fourth-order valence-corrected chi connectivity index (χ4v) is 3.01. The highest BCUT2D eigenvalue weighted by Crippen LogP contribution is 2.17. The maximum absolute atomic E-state index is 5.70. The molecule has 0 spiro atoms. The average molecular weight is 306 g/mol. The van der Waals surface area contributed by atoms with Crippen molar-refractivity contribution in [3.05, 3.63) is 46.0 Å². The van der Waals surface area contributed by atoms with Gasteiger partial charge in [-0.1, -0.05) is 26.8 Å². The highest BCUT2D eigenvalue weighted by molar-refractivity contribution is 7.09. The lowest BCUT2D eigenvalue weighted by molar-refractivity contribution is 0.248. The first-order chi connectivity index (χ1) is 10.2. The van der Waals surface area contributed by atoms with E-state index >= 15 is 0 Å². The third kappa shape index (κ3) is 5.30. The summed E-state index contributed by atoms with van der Waals surface area (Å²) in [5.74, 6) is 1.76. The Kier molecular flexibility index (Phi) is 6.49. The topological polar surface area (TPSA) is 28.4 Å². The van der Waals surface area contributed by atoms with E-state index in [2.05, 4.69) is 54.6 Å². The summed E-state index contributed by atoms with van der Waals surface area (Å²) in [7, 11) is 0. The van der Waals surface area contributed by atoms with E-state index in [9.17, 15) is 0 Å². The minimum Gasteiger partial charge on any atom is -0.468 e. The fraction of sp³-hybridized carbons (Fsp3) is 0.529. The molecule has 0 unspecified atom stereocenters. The smallest absolute Gasteiger partial charge is 0.122 e. The van der Waals surface area contributed by atoms with Crippen LogP contribution in [-0.2, 0) is 19.6 Å². The van der Waals surface area contributed by atoms with Crippen LogP contribution < -0.4 is 5.32 Å². The summed E-state index contributed by atoms with van der Waals surface area (Å²) in [6.07, 6.45) is 1.81. The van der Waals surface area contributed by atoms with Crippen molar-refractivity contribution < 1.29 is 4.42 Å². The number of hydrogen-bond donors (Lipinski definition) is 1. The molecule has 2 heterocycles. The Labute approximate surface area is 132 Å². The van der Waals surface area contributed by atoms with Crippen molar-refractivity contribution in [3.8, 4) is 0 Å². The zero-order chi connectivity index (χ0) is 15.1. The first-order valence-corrected chi connectivity index (χ1v) is 8.57. The van der Waals surface area contributed by atoms with Gasteiger partial charge < -0.3 is 9.73 Å². The average Bonchev–Trinajstić information content (AvgIpc) is 3.10. The lowest BCUT2D eigenvalue weighted by atomic mass is 10.2. The van der Waals surface area contributed by atoms with Crippen LogP contribution in [-0.4, -0.2) is 18.0 Å². The van der Waals surface area contributed by atoms with E-state index in [-0.39, 0.29) is 0 Å². The SMILES string of the molecule is CCN(Cc1cccs1)Cc1occc1CNCC(C)C. The lowest BCUT2D eigenvalue weighted by Crippen LogP contribution is -2.23. The fourth-order valence-electron chi connectivity index (χ4n) is 2.26. The highest BCUT2D eigenvalue weighted by Gasteiger charge is 2.12. The van der Waals surface area contributed by atoms with Crippen LogP contribution >= 0.6 is 11.3 Å². The van der Waals surface area contributed by atoms with Gasteiger partial charge in [0.05, 0.1) is 12.8 Å². The monoisotopic (exact) mass is 306 g/mol. The van der Waals surface area contributed by atoms with Gasteiger partial charge in [-0.25, -0.2) is 0 Å². The molecule has 0 aliphatic rings. The van der Waals surface area contributed by atoms with Crippen molar-refractivity contribution >= 4 is 11.3 Å². The van der Waals surface area contributed by atoms with Crippen molar-refractivity contribution in [2.75, 3.05) is 13.1 Å². The van der Waals surface area contributed by atoms with Gasteiger partial charge in [-0.05, 0) is 36.5 Å². The number of hydrogen-bond acceptors (Lipinski definition) is 4. The maximum Gasteiger partial charge on any atom is 0.122 e. The second-order valence-electron chi connectivity index (χ2n) is 5.78. The quantitative estimate of drug-likeness (QED) is 0.756. The molecule has 0 radical (unpaired) electrons. The van der Waals surface area contributed by atoms with E-state index in [0.717, 1.165) is 38.5 Å². The van der Waals surface area contributed by atoms with E-state index in [1.54, 1.807) is 6.26 Å². The zero-order valence-corrected chi connectivity index (χ0v) is 14.1. The van der Waals surface area contributed by atoms with E-state index in [4.69, 9.17) is 4.42 Å². The van der Waals surface area contributed by atoms with Crippen molar-refractivity contribution in [2.45, 2.75) is 40.4 Å². The minimum absolute atomic E-state index is 0.673. The van der Waals surface area contributed by atoms with Crippen LogP contribution in [0.3, 0.4) is 0 Å². The molecule has 0 aliphatic heterocycles. The van der Waals surface area contributed by atoms with Crippen molar-refractivity contribution in [2.24, 2.45) is 5.92 Å². The summed E-state index contributed by atoms with van der Waals surface area (Å²) >= 11 is 1.82. The molecular formula is C17H26N2OS. The van der Waals surface area contributed by atoms with Crippen LogP contribution in [0.15, 0.2) is 34.3 Å². The Morgan fingerprint density at radius 3 is 2.81 bits per heavy atom. The van der Waals surface area contributed by atoms with Crippen molar-refractivity contribution in [1.29, 1.82) is 0 Å². The van der Waals surface area contributed by atoms with Gasteiger partial charge in [-0.3, -0.25) is 4.90 Å². The van der Waals surface area contributed by atoms with Crippen LogP contribution in [0.4, 0.5) is 0 Å². The number of rotatable bonds is 9. The summed E-state index contributed by atoms with van der Waals surface area (Å²) in [5.41, 5.74) is 1.28. The van der Waals surface area contributed by atoms with Gasteiger partial charge >= 0.3 is 0 Å². The molecule has 0 saturated heterocycles. The summed E-state index contributed by atoms with van der Waals surface area (Å²) in [6.45, 7) is 11.5. The van der Waals surface area contributed by atoms with Crippen LogP contribution in [0.2, 0.25) is 0 Å². The lowest BCUT2D eigenvalue weighted by Gasteiger charge is -2.19. The van der Waals surface area contributed by atoms with E-state index in [0.29, 0.717) is 5.92 Å². The summed E-state index contributed by atoms with van der Waals surface area (Å²) in [6, 6.07) is 6.39. The Morgan fingerprint density at radius 1 is 1.29 bits per heavy atom. The Bertz CT molecular complexity index is 505. The molecule has 0 aromatic carbocycles. The van der Waals surface area contributed by atoms with E-state index in [1.165, 1.54) is 10.4 Å². The van der Waals surface area contributed by atoms with Gasteiger partial charge in [-0.15, -0.1) is 11.3 Å². The van der Waals surface area contributed by atoms with Crippen LogP contribution in [0, 0.1) is 5.92 Å². The molecule has 3 nitrogen and oxygen atoms in total. The summed E-state index contributed by atoms with van der Waals surface area (Å²) < 4.78 is 5.70. The molecule has 2 aromatic heterocycles. The predicted molar refractivity (Wildman–Crippen MR) is 89.4 cm³/mol. The van der Waals surface area contributed by atoms with Gasteiger partial charge in [0.15, 0.2) is 0 Å². The standard InChI is InChI=1S/C17H26N2OS/c1-4-19(12-16-6-5-9-21-16)13-17-15(7-8-20-17)11-18-10-14(2)3/h5-9,14,18H,4,10-13H2,1-3H3. The molecule has 0 fully saturated rings. The van der Waals surface area contributed by atoms with E-state index in [1.807, 2.05) is 11.3 Å². The molecule has 0 saturated carbocycles. The molecule has 0 aliphatic carbocycles. The predicted octanol–water partition coefficient (Wildman–Crippen LogP) is 4.11. The summed E-state index contributed by atoms with van der Waals surface area (Å²) in [5, 5.41) is 5.62. The number of furan rings is 1. The second-order valence-corrected chi connectivity index (χ2v) is 6.81. The summed E-state index contributed by atoms with van der Waals surface area (Å²) in [4.78, 5) is 3.82. The molecular weight excluding hydrogens is 280 g/mol. The largest absolute Gasteiger partial charge is 0.468 e. The van der Waals surface area contributed by atoms with Crippen LogP contribution in [0.5, 0.6) is 0 Å². The van der Waals surface area contributed by atoms with Gasteiger partial charge in [-0.2, -0.15) is 0 Å². The normalized spacial score (nSPS) is 11.7. The molecule has 1 N–H and O–H groups in total. The number of nitrogens with one attached hydrogen (secondary N) is 1. The third-order valence-corrected chi connectivity index (χ3v) is 4.34. The molecule has 2 rings (SSSR count).